The van der Waals surface area contributed by atoms with Crippen molar-refractivity contribution in [1.29, 1.82) is 0 Å². The fraction of sp³-hybridized carbons (Fsp3) is 0.200. The van der Waals surface area contributed by atoms with E-state index in [1.54, 1.807) is 7.05 Å². The Morgan fingerprint density at radius 3 is 2.85 bits per heavy atom. The third-order valence-electron chi connectivity index (χ3n) is 2.38. The van der Waals surface area contributed by atoms with Crippen LogP contribution in [-0.2, 0) is 13.6 Å². The van der Waals surface area contributed by atoms with Gasteiger partial charge in [-0.05, 0) is 0 Å². The van der Waals surface area contributed by atoms with E-state index >= 15 is 0 Å². The van der Waals surface area contributed by atoms with Gasteiger partial charge in [0.1, 0.15) is 23.9 Å². The first-order valence-corrected chi connectivity index (χ1v) is 5.43. The second-order valence-corrected chi connectivity index (χ2v) is 3.84. The molecule has 0 saturated carbocycles. The van der Waals surface area contributed by atoms with E-state index in [-0.39, 0.29) is 23.6 Å². The topological polar surface area (TPSA) is 136 Å². The number of carbonyl (C=O) groups is 1. The zero-order chi connectivity index (χ0) is 14.7. The van der Waals surface area contributed by atoms with Gasteiger partial charge in [0.15, 0.2) is 5.82 Å². The number of hydrogen-bond donors (Lipinski definition) is 2. The van der Waals surface area contributed by atoms with Gasteiger partial charge in [0.2, 0.25) is 0 Å². The van der Waals surface area contributed by atoms with Crippen LogP contribution in [0.3, 0.4) is 0 Å². The first kappa shape index (κ1) is 13.4. The van der Waals surface area contributed by atoms with Gasteiger partial charge in [0.05, 0.1) is 11.5 Å². The molecule has 0 radical (unpaired) electrons. The molecule has 20 heavy (non-hydrogen) atoms. The summed E-state index contributed by atoms with van der Waals surface area (Å²) in [5, 5.41) is 26.4. The van der Waals surface area contributed by atoms with Crippen molar-refractivity contribution in [3.05, 3.63) is 40.1 Å². The molecule has 0 fully saturated rings. The van der Waals surface area contributed by atoms with Crippen LogP contribution in [0, 0.1) is 10.1 Å². The molecule has 104 valence electrons. The summed E-state index contributed by atoms with van der Waals surface area (Å²) in [6, 6.07) is 0.948. The van der Waals surface area contributed by atoms with Crippen LogP contribution in [0.5, 0.6) is 0 Å². The Bertz CT molecular complexity index is 668. The van der Waals surface area contributed by atoms with Gasteiger partial charge >= 0.3 is 5.97 Å². The van der Waals surface area contributed by atoms with Crippen molar-refractivity contribution in [1.82, 2.24) is 19.7 Å². The number of nitro groups is 1. The number of nitrogens with one attached hydrogen (secondary N) is 1. The van der Waals surface area contributed by atoms with E-state index in [1.807, 2.05) is 0 Å². The molecule has 10 nitrogen and oxygen atoms in total. The van der Waals surface area contributed by atoms with Gasteiger partial charge in [0.25, 0.3) is 5.69 Å². The van der Waals surface area contributed by atoms with Crippen LogP contribution in [-0.4, -0.2) is 35.7 Å². The number of nitrogens with zero attached hydrogens (tertiary/aromatic N) is 5. The van der Waals surface area contributed by atoms with Crippen LogP contribution < -0.4 is 5.32 Å². The van der Waals surface area contributed by atoms with Gasteiger partial charge in [-0.3, -0.25) is 14.8 Å². The van der Waals surface area contributed by atoms with Crippen molar-refractivity contribution in [3.8, 4) is 0 Å². The molecule has 0 saturated heterocycles. The Labute approximate surface area is 112 Å². The third-order valence-corrected chi connectivity index (χ3v) is 2.38. The molecule has 2 rings (SSSR count). The van der Waals surface area contributed by atoms with Crippen molar-refractivity contribution < 1.29 is 14.8 Å². The summed E-state index contributed by atoms with van der Waals surface area (Å²) in [6.07, 6.45) is 2.49. The Morgan fingerprint density at radius 2 is 2.30 bits per heavy atom. The summed E-state index contributed by atoms with van der Waals surface area (Å²) in [4.78, 5) is 28.7. The molecule has 0 spiro atoms. The normalized spacial score (nSPS) is 10.2. The van der Waals surface area contributed by atoms with Crippen LogP contribution in [0.1, 0.15) is 16.2 Å². The summed E-state index contributed by atoms with van der Waals surface area (Å²) >= 11 is 0. The smallest absolute Gasteiger partial charge is 0.339 e. The zero-order valence-electron chi connectivity index (χ0n) is 10.3. The molecule has 2 aromatic rings. The molecule has 0 aliphatic heterocycles. The van der Waals surface area contributed by atoms with E-state index in [0.717, 1.165) is 12.3 Å². The van der Waals surface area contributed by atoms with Crippen LogP contribution in [0.25, 0.3) is 0 Å². The molecule has 10 heteroatoms. The van der Waals surface area contributed by atoms with E-state index in [1.165, 1.54) is 11.0 Å². The van der Waals surface area contributed by atoms with Crippen molar-refractivity contribution in [2.45, 2.75) is 6.54 Å². The van der Waals surface area contributed by atoms with Gasteiger partial charge in [-0.25, -0.2) is 14.8 Å². The fourth-order valence-electron chi connectivity index (χ4n) is 1.49. The molecular formula is C10H10N6O4. The lowest BCUT2D eigenvalue weighted by atomic mass is 10.2. The van der Waals surface area contributed by atoms with E-state index < -0.39 is 10.9 Å². The molecule has 0 aliphatic carbocycles. The van der Waals surface area contributed by atoms with Crippen molar-refractivity contribution >= 4 is 17.5 Å². The average Bonchev–Trinajstić information content (AvgIpc) is 2.81. The minimum Gasteiger partial charge on any atom is -0.478 e. The Kier molecular flexibility index (Phi) is 3.55. The highest BCUT2D eigenvalue weighted by molar-refractivity contribution is 5.93. The quantitative estimate of drug-likeness (QED) is 0.593. The third kappa shape index (κ3) is 2.85. The van der Waals surface area contributed by atoms with Crippen LogP contribution in [0.2, 0.25) is 0 Å². The number of aromatic carboxylic acids is 1. The van der Waals surface area contributed by atoms with Gasteiger partial charge in [-0.1, -0.05) is 0 Å². The summed E-state index contributed by atoms with van der Waals surface area (Å²) in [6.45, 7) is 0.159. The summed E-state index contributed by atoms with van der Waals surface area (Å²) < 4.78 is 1.50. The molecule has 0 bridgehead atoms. The monoisotopic (exact) mass is 278 g/mol. The highest BCUT2D eigenvalue weighted by Crippen LogP contribution is 2.19. The number of carboxylic acid groups (broad SMARTS) is 1. The van der Waals surface area contributed by atoms with Gasteiger partial charge in [0, 0.05) is 13.1 Å². The predicted octanol–water partition coefficient (Wildman–Crippen LogP) is 0.429. The molecular weight excluding hydrogens is 268 g/mol. The van der Waals surface area contributed by atoms with Crippen molar-refractivity contribution in [3.63, 3.8) is 0 Å². The van der Waals surface area contributed by atoms with Crippen LogP contribution >= 0.6 is 0 Å². The molecule has 0 amide bonds. The largest absolute Gasteiger partial charge is 0.478 e. The lowest BCUT2D eigenvalue weighted by Gasteiger charge is -2.06. The number of aromatic nitrogens is 4. The van der Waals surface area contributed by atoms with Crippen molar-refractivity contribution in [2.24, 2.45) is 7.05 Å². The van der Waals surface area contributed by atoms with E-state index in [0.29, 0.717) is 5.82 Å². The van der Waals surface area contributed by atoms with E-state index in [9.17, 15) is 14.9 Å². The van der Waals surface area contributed by atoms with Crippen molar-refractivity contribution in [2.75, 3.05) is 5.32 Å². The summed E-state index contributed by atoms with van der Waals surface area (Å²) in [7, 11) is 1.70. The second kappa shape index (κ2) is 5.30. The average molecular weight is 278 g/mol. The maximum atomic E-state index is 11.1. The molecule has 0 unspecified atom stereocenters. The van der Waals surface area contributed by atoms with Crippen LogP contribution in [0.4, 0.5) is 11.5 Å². The maximum Gasteiger partial charge on any atom is 0.339 e. The Hall–Kier alpha value is -3.04. The minimum atomic E-state index is -1.31. The zero-order valence-corrected chi connectivity index (χ0v) is 10.3. The lowest BCUT2D eigenvalue weighted by Crippen LogP contribution is -2.10. The summed E-state index contributed by atoms with van der Waals surface area (Å²) in [5.41, 5.74) is -0.668. The van der Waals surface area contributed by atoms with Crippen LogP contribution in [0.15, 0.2) is 18.6 Å². The number of anilines is 1. The number of hydrogen-bond acceptors (Lipinski definition) is 7. The second-order valence-electron chi connectivity index (χ2n) is 3.84. The van der Waals surface area contributed by atoms with Gasteiger partial charge < -0.3 is 10.4 Å². The van der Waals surface area contributed by atoms with E-state index in [4.69, 9.17) is 5.11 Å². The molecule has 2 N–H and O–H groups in total. The summed E-state index contributed by atoms with van der Waals surface area (Å²) in [5.74, 6) is -0.836. The molecule has 2 aromatic heterocycles. The minimum absolute atomic E-state index is 0.0237. The Balaban J connectivity index is 2.22. The lowest BCUT2D eigenvalue weighted by molar-refractivity contribution is -0.385. The van der Waals surface area contributed by atoms with Gasteiger partial charge in [-0.2, -0.15) is 5.10 Å². The Morgan fingerprint density at radius 1 is 1.55 bits per heavy atom. The van der Waals surface area contributed by atoms with Gasteiger partial charge in [-0.15, -0.1) is 0 Å². The first-order valence-electron chi connectivity index (χ1n) is 5.43. The molecule has 0 atom stereocenters. The maximum absolute atomic E-state index is 11.1. The number of pyridine rings is 1. The fourth-order valence-corrected chi connectivity index (χ4v) is 1.49. The highest BCUT2D eigenvalue weighted by atomic mass is 16.6. The van der Waals surface area contributed by atoms with E-state index in [2.05, 4.69) is 20.4 Å². The standard InChI is InChI=1S/C10H10N6O4/c1-15-5-13-8(14-15)4-12-9-7(10(17)18)2-6(3-11-9)16(19)20/h2-3,5H,4H2,1H3,(H,11,12)(H,17,18). The SMILES string of the molecule is Cn1cnc(CNc2ncc([N+](=O)[O-])cc2C(=O)O)n1. The molecule has 0 aromatic carbocycles. The predicted molar refractivity (Wildman–Crippen MR) is 66.2 cm³/mol. The number of aryl methyl sites for hydroxylation is 1. The number of carboxylic acids is 1. The first-order chi connectivity index (χ1) is 9.47. The molecule has 2 heterocycles. The molecule has 0 aliphatic rings. The highest BCUT2D eigenvalue weighted by Gasteiger charge is 2.17. The number of rotatable bonds is 5.